The molecule has 0 atom stereocenters. The zero-order chi connectivity index (χ0) is 39.2. The van der Waals surface area contributed by atoms with Crippen LogP contribution < -0.4 is 0 Å². The van der Waals surface area contributed by atoms with Gasteiger partial charge in [-0.15, -0.1) is 0 Å². The summed E-state index contributed by atoms with van der Waals surface area (Å²) >= 11 is 0. The van der Waals surface area contributed by atoms with Crippen molar-refractivity contribution in [1.82, 2.24) is 10.1 Å². The summed E-state index contributed by atoms with van der Waals surface area (Å²) in [6.45, 7) is 6.62. The van der Waals surface area contributed by atoms with Crippen LogP contribution in [0.2, 0.25) is 0 Å². The number of hydrogen-bond donors (Lipinski definition) is 0. The smallest absolute Gasteiger partial charge is 0.119 e. The first-order valence-corrected chi connectivity index (χ1v) is 24.9. The van der Waals surface area contributed by atoms with Crippen molar-refractivity contribution >= 4 is 0 Å². The Morgan fingerprint density at radius 2 is 0.455 bits per heavy atom. The van der Waals surface area contributed by atoms with Crippen LogP contribution in [0.1, 0.15) is 264 Å². The third kappa shape index (κ3) is 40.2. The number of allylic oxidation sites excluding steroid dienone is 4. The van der Waals surface area contributed by atoms with Crippen LogP contribution in [0.3, 0.4) is 0 Å². The summed E-state index contributed by atoms with van der Waals surface area (Å²) in [7, 11) is 0. The summed E-state index contributed by atoms with van der Waals surface area (Å²) in [6.07, 6.45) is 71.3. The van der Waals surface area contributed by atoms with Crippen molar-refractivity contribution < 1.29 is 9.68 Å². The molecular weight excluding hydrogens is 673 g/mol. The summed E-state index contributed by atoms with van der Waals surface area (Å²) in [4.78, 5) is 10.8. The lowest BCUT2D eigenvalue weighted by molar-refractivity contribution is -0.0604. The fourth-order valence-electron chi connectivity index (χ4n) is 7.80. The summed E-state index contributed by atoms with van der Waals surface area (Å²) < 4.78 is 0. The maximum absolute atomic E-state index is 5.38. The molecule has 0 saturated heterocycles. The second-order valence-corrected chi connectivity index (χ2v) is 16.9. The number of unbranched alkanes of at least 4 members (excludes halogenated alkanes) is 37. The van der Waals surface area contributed by atoms with Crippen molar-refractivity contribution in [3.8, 4) is 0 Å². The van der Waals surface area contributed by atoms with E-state index in [1.54, 1.807) is 12.5 Å². The summed E-state index contributed by atoms with van der Waals surface area (Å²) in [5.74, 6) is 0. The highest BCUT2D eigenvalue weighted by atomic mass is 16.7. The number of rotatable bonds is 41. The van der Waals surface area contributed by atoms with Gasteiger partial charge in [0.25, 0.3) is 0 Å². The third-order valence-electron chi connectivity index (χ3n) is 11.5. The quantitative estimate of drug-likeness (QED) is 0.0578. The van der Waals surface area contributed by atoms with E-state index in [4.69, 9.17) is 9.68 Å². The molecule has 4 nitrogen and oxygen atoms in total. The van der Waals surface area contributed by atoms with Crippen LogP contribution in [0.4, 0.5) is 0 Å². The lowest BCUT2D eigenvalue weighted by Gasteiger charge is -2.19. The summed E-state index contributed by atoms with van der Waals surface area (Å²) in [6, 6.07) is 0. The van der Waals surface area contributed by atoms with Crippen LogP contribution in [-0.4, -0.2) is 23.2 Å². The summed E-state index contributed by atoms with van der Waals surface area (Å²) in [5.41, 5.74) is 0. The first-order valence-electron chi connectivity index (χ1n) is 24.9. The molecule has 322 valence electrons. The van der Waals surface area contributed by atoms with Crippen LogP contribution in [0, 0.1) is 0 Å². The predicted molar refractivity (Wildman–Crippen MR) is 244 cm³/mol. The molecule has 0 aromatic rings. The highest BCUT2D eigenvalue weighted by Crippen LogP contribution is 2.17. The fourth-order valence-corrected chi connectivity index (χ4v) is 7.80. The molecule has 55 heavy (non-hydrogen) atoms. The van der Waals surface area contributed by atoms with E-state index >= 15 is 0 Å². The van der Waals surface area contributed by atoms with Crippen LogP contribution in [-0.2, 0) is 9.68 Å². The molecule has 0 radical (unpaired) electrons. The van der Waals surface area contributed by atoms with Crippen molar-refractivity contribution in [3.05, 3.63) is 49.2 Å². The van der Waals surface area contributed by atoms with Gasteiger partial charge >= 0.3 is 0 Å². The van der Waals surface area contributed by atoms with Gasteiger partial charge < -0.3 is 9.68 Å². The lowest BCUT2D eigenvalue weighted by Crippen LogP contribution is -2.17. The van der Waals surface area contributed by atoms with E-state index in [2.05, 4.69) is 13.8 Å². The van der Waals surface area contributed by atoms with E-state index in [9.17, 15) is 0 Å². The normalized spacial score (nSPS) is 13.3. The third-order valence-corrected chi connectivity index (χ3v) is 11.5. The van der Waals surface area contributed by atoms with Crippen molar-refractivity contribution in [2.45, 2.75) is 264 Å². The highest BCUT2D eigenvalue weighted by molar-refractivity contribution is 5.01. The van der Waals surface area contributed by atoms with Crippen molar-refractivity contribution in [2.75, 3.05) is 13.1 Å². The van der Waals surface area contributed by atoms with Gasteiger partial charge in [-0.05, 0) is 37.1 Å². The molecule has 0 aromatic carbocycles. The Morgan fingerprint density at radius 3 is 0.636 bits per heavy atom. The molecule has 2 aliphatic rings. The first-order chi connectivity index (χ1) is 27.4. The Balaban J connectivity index is 0.000000550. The van der Waals surface area contributed by atoms with Crippen molar-refractivity contribution in [1.29, 1.82) is 0 Å². The number of nitrogens with zero attached hydrogens (tertiary/aromatic N) is 2. The molecule has 0 unspecified atom stereocenters. The molecule has 0 saturated carbocycles. The molecule has 0 N–H and O–H groups in total. The standard InChI is InChI=1S/C26H49NO.C25H47NO/c1-2-3-4-5-6-7-8-9-10-11-12-13-14-15-16-17-18-19-20-21-24-27-25-22-23-26-28-27;1-2-3-4-5-6-7-8-9-10-11-12-13-14-15-16-17-18-19-20-23-26-24-21-22-25-27-26/h22-23,25-26H,2-21,24H2,1H3;21-22,24-25H,2-20,23H2,1H3. The molecule has 2 aliphatic heterocycles. The Kier molecular flexibility index (Phi) is 41.8. The minimum atomic E-state index is 1.01. The van der Waals surface area contributed by atoms with E-state index in [-0.39, 0.29) is 0 Å². The van der Waals surface area contributed by atoms with E-state index in [0.29, 0.717) is 0 Å². The molecule has 0 fully saturated rings. The minimum absolute atomic E-state index is 1.01. The Bertz CT molecular complexity index is 852. The van der Waals surface area contributed by atoms with E-state index < -0.39 is 0 Å². The Hall–Kier alpha value is -1.84. The lowest BCUT2D eigenvalue weighted by atomic mass is 10.0. The van der Waals surface area contributed by atoms with Crippen LogP contribution in [0.15, 0.2) is 49.2 Å². The average Bonchev–Trinajstić information content (AvgIpc) is 3.22. The highest BCUT2D eigenvalue weighted by Gasteiger charge is 2.02. The van der Waals surface area contributed by atoms with Gasteiger partial charge in [0.05, 0.1) is 13.1 Å². The monoisotopic (exact) mass is 769 g/mol. The van der Waals surface area contributed by atoms with Gasteiger partial charge in [-0.25, -0.2) is 10.1 Å². The van der Waals surface area contributed by atoms with Crippen molar-refractivity contribution in [3.63, 3.8) is 0 Å². The van der Waals surface area contributed by atoms with Crippen LogP contribution in [0.5, 0.6) is 0 Å². The molecule has 0 amide bonds. The molecule has 0 bridgehead atoms. The maximum Gasteiger partial charge on any atom is 0.119 e. The maximum atomic E-state index is 5.38. The minimum Gasteiger partial charge on any atom is -0.388 e. The molecule has 0 spiro atoms. The van der Waals surface area contributed by atoms with Crippen LogP contribution in [0.25, 0.3) is 0 Å². The van der Waals surface area contributed by atoms with Gasteiger partial charge in [0.15, 0.2) is 0 Å². The van der Waals surface area contributed by atoms with Gasteiger partial charge in [0, 0.05) is 12.4 Å². The SMILES string of the molecule is CCCCCCCCCCCCCCCCCCCCCCN1C=CC=CO1.CCCCCCCCCCCCCCCCCCCCCN1C=CC=CO1. The fraction of sp³-hybridized carbons (Fsp3) is 0.843. The Morgan fingerprint density at radius 1 is 0.255 bits per heavy atom. The molecule has 4 heteroatoms. The average molecular weight is 769 g/mol. The number of hydroxylamine groups is 4. The van der Waals surface area contributed by atoms with Crippen molar-refractivity contribution in [2.24, 2.45) is 0 Å². The zero-order valence-electron chi connectivity index (χ0n) is 37.3. The Labute approximate surface area is 345 Å². The second kappa shape index (κ2) is 44.9. The predicted octanol–water partition coefficient (Wildman–Crippen LogP) is 17.8. The van der Waals surface area contributed by atoms with E-state index in [0.717, 1.165) is 13.1 Å². The molecule has 2 heterocycles. The molecule has 2 rings (SSSR count). The van der Waals surface area contributed by atoms with Gasteiger partial charge in [-0.2, -0.15) is 0 Å². The second-order valence-electron chi connectivity index (χ2n) is 16.9. The summed E-state index contributed by atoms with van der Waals surface area (Å²) in [5, 5.41) is 3.85. The molecule has 0 aromatic heterocycles. The zero-order valence-corrected chi connectivity index (χ0v) is 37.3. The van der Waals surface area contributed by atoms with Gasteiger partial charge in [-0.3, -0.25) is 0 Å². The van der Waals surface area contributed by atoms with Gasteiger partial charge in [0.1, 0.15) is 12.5 Å². The molecule has 0 aliphatic carbocycles. The van der Waals surface area contributed by atoms with Gasteiger partial charge in [0.2, 0.25) is 0 Å². The van der Waals surface area contributed by atoms with Gasteiger partial charge in [-0.1, -0.05) is 251 Å². The molecular formula is C51H96N2O2. The largest absolute Gasteiger partial charge is 0.388 e. The van der Waals surface area contributed by atoms with E-state index in [1.165, 1.54) is 250 Å². The topological polar surface area (TPSA) is 24.9 Å². The van der Waals surface area contributed by atoms with E-state index in [1.807, 2.05) is 46.8 Å². The number of hydrogen-bond acceptors (Lipinski definition) is 4. The van der Waals surface area contributed by atoms with Crippen LogP contribution >= 0.6 is 0 Å². The first kappa shape index (κ1) is 51.2.